The number of aliphatic hydroxyl groups is 1. The van der Waals surface area contributed by atoms with Crippen molar-refractivity contribution in [1.29, 1.82) is 0 Å². The SMILES string of the molecule is CS(=O)(=O)c1cccc(-c2ccc([C@@H](O)[C@@H](N)c3ccc(Cl)cc3)cc2)c1. The van der Waals surface area contributed by atoms with Gasteiger partial charge in [0.2, 0.25) is 0 Å². The molecular formula is C21H20ClNO3S. The maximum Gasteiger partial charge on any atom is 0.175 e. The fraction of sp³-hybridized carbons (Fsp3) is 0.143. The maximum absolute atomic E-state index is 11.7. The Morgan fingerprint density at radius 2 is 1.48 bits per heavy atom. The summed E-state index contributed by atoms with van der Waals surface area (Å²) >= 11 is 5.89. The van der Waals surface area contributed by atoms with Crippen LogP contribution in [0.4, 0.5) is 0 Å². The van der Waals surface area contributed by atoms with Crippen LogP contribution in [0.1, 0.15) is 23.3 Å². The van der Waals surface area contributed by atoms with E-state index in [-0.39, 0.29) is 4.90 Å². The number of hydrogen-bond donors (Lipinski definition) is 2. The molecule has 0 aliphatic carbocycles. The van der Waals surface area contributed by atoms with Gasteiger partial charge in [-0.2, -0.15) is 0 Å². The smallest absolute Gasteiger partial charge is 0.175 e. The molecule has 0 spiro atoms. The number of benzene rings is 3. The van der Waals surface area contributed by atoms with Crippen molar-refractivity contribution >= 4 is 21.4 Å². The van der Waals surface area contributed by atoms with Gasteiger partial charge in [-0.3, -0.25) is 0 Å². The van der Waals surface area contributed by atoms with E-state index in [0.717, 1.165) is 16.7 Å². The Balaban J connectivity index is 1.84. The van der Waals surface area contributed by atoms with Crippen molar-refractivity contribution < 1.29 is 13.5 Å². The first kappa shape index (κ1) is 19.6. The summed E-state index contributed by atoms with van der Waals surface area (Å²) in [6.45, 7) is 0. The van der Waals surface area contributed by atoms with Crippen LogP contribution in [0.2, 0.25) is 5.02 Å². The van der Waals surface area contributed by atoms with Crippen LogP contribution in [-0.2, 0) is 9.84 Å². The summed E-state index contributed by atoms with van der Waals surface area (Å²) < 4.78 is 23.5. The Hall–Kier alpha value is -2.18. The second kappa shape index (κ2) is 7.82. The standard InChI is InChI=1S/C21H20ClNO3S/c1-27(25,26)19-4-2-3-17(13-19)14-5-7-16(8-6-14)21(24)20(23)15-9-11-18(22)12-10-15/h2-13,20-21,24H,23H2,1H3/t20-,21+/m0/s1. The van der Waals surface area contributed by atoms with Crippen molar-refractivity contribution in [3.63, 3.8) is 0 Å². The molecule has 3 aromatic rings. The molecular weight excluding hydrogens is 382 g/mol. The van der Waals surface area contributed by atoms with Crippen LogP contribution in [-0.4, -0.2) is 19.8 Å². The summed E-state index contributed by atoms with van der Waals surface area (Å²) in [5, 5.41) is 11.2. The summed E-state index contributed by atoms with van der Waals surface area (Å²) in [4.78, 5) is 0.272. The summed E-state index contributed by atoms with van der Waals surface area (Å²) in [6.07, 6.45) is 0.312. The zero-order valence-corrected chi connectivity index (χ0v) is 16.3. The van der Waals surface area contributed by atoms with E-state index in [1.807, 2.05) is 18.2 Å². The number of halogens is 1. The lowest BCUT2D eigenvalue weighted by atomic mass is 9.95. The van der Waals surface area contributed by atoms with Crippen molar-refractivity contribution in [2.75, 3.05) is 6.26 Å². The number of hydrogen-bond acceptors (Lipinski definition) is 4. The highest BCUT2D eigenvalue weighted by Crippen LogP contribution is 2.30. The highest BCUT2D eigenvalue weighted by Gasteiger charge is 2.19. The third-order valence-corrected chi connectivity index (χ3v) is 5.81. The first-order valence-electron chi connectivity index (χ1n) is 8.35. The van der Waals surface area contributed by atoms with Crippen LogP contribution in [0, 0.1) is 0 Å². The fourth-order valence-corrected chi connectivity index (χ4v) is 3.65. The molecule has 3 rings (SSSR count). The Morgan fingerprint density at radius 1 is 0.889 bits per heavy atom. The van der Waals surface area contributed by atoms with E-state index in [2.05, 4.69) is 0 Å². The topological polar surface area (TPSA) is 80.4 Å². The summed E-state index contributed by atoms with van der Waals surface area (Å²) in [7, 11) is -3.27. The molecule has 0 radical (unpaired) electrons. The molecule has 6 heteroatoms. The lowest BCUT2D eigenvalue weighted by Gasteiger charge is -2.20. The molecule has 2 atom stereocenters. The molecule has 0 saturated heterocycles. The predicted molar refractivity (Wildman–Crippen MR) is 108 cm³/mol. The predicted octanol–water partition coefficient (Wildman–Crippen LogP) is 4.14. The van der Waals surface area contributed by atoms with Gasteiger partial charge in [0.15, 0.2) is 9.84 Å². The number of nitrogens with two attached hydrogens (primary N) is 1. The quantitative estimate of drug-likeness (QED) is 0.673. The van der Waals surface area contributed by atoms with E-state index in [1.165, 1.54) is 6.26 Å². The van der Waals surface area contributed by atoms with Gasteiger partial charge in [-0.1, -0.05) is 60.1 Å². The van der Waals surface area contributed by atoms with Crippen LogP contribution in [0.5, 0.6) is 0 Å². The molecule has 0 fully saturated rings. The Morgan fingerprint density at radius 3 is 2.07 bits per heavy atom. The highest BCUT2D eigenvalue weighted by atomic mass is 35.5. The van der Waals surface area contributed by atoms with Gasteiger partial charge in [-0.15, -0.1) is 0 Å². The lowest BCUT2D eigenvalue weighted by Crippen LogP contribution is -2.19. The molecule has 0 aromatic heterocycles. The minimum Gasteiger partial charge on any atom is -0.386 e. The van der Waals surface area contributed by atoms with Gasteiger partial charge < -0.3 is 10.8 Å². The first-order valence-corrected chi connectivity index (χ1v) is 10.6. The number of rotatable bonds is 5. The van der Waals surface area contributed by atoms with E-state index in [0.29, 0.717) is 10.6 Å². The largest absolute Gasteiger partial charge is 0.386 e. The second-order valence-electron chi connectivity index (χ2n) is 6.44. The average Bonchev–Trinajstić information content (AvgIpc) is 2.67. The molecule has 0 amide bonds. The molecule has 4 nitrogen and oxygen atoms in total. The van der Waals surface area contributed by atoms with Gasteiger partial charge in [0, 0.05) is 11.3 Å². The lowest BCUT2D eigenvalue weighted by molar-refractivity contribution is 0.147. The molecule has 27 heavy (non-hydrogen) atoms. The van der Waals surface area contributed by atoms with E-state index in [9.17, 15) is 13.5 Å². The number of aliphatic hydroxyl groups excluding tert-OH is 1. The zero-order valence-electron chi connectivity index (χ0n) is 14.7. The second-order valence-corrected chi connectivity index (χ2v) is 8.90. The van der Waals surface area contributed by atoms with Gasteiger partial charge >= 0.3 is 0 Å². The van der Waals surface area contributed by atoms with Crippen LogP contribution >= 0.6 is 11.6 Å². The van der Waals surface area contributed by atoms with E-state index in [1.54, 1.807) is 54.6 Å². The summed E-state index contributed by atoms with van der Waals surface area (Å²) in [5.74, 6) is 0. The van der Waals surface area contributed by atoms with Gasteiger partial charge in [0.05, 0.1) is 17.0 Å². The average molecular weight is 402 g/mol. The minimum absolute atomic E-state index is 0.272. The molecule has 0 aliphatic heterocycles. The van der Waals surface area contributed by atoms with Gasteiger partial charge in [0.25, 0.3) is 0 Å². The van der Waals surface area contributed by atoms with Crippen LogP contribution in [0.15, 0.2) is 77.7 Å². The molecule has 3 aromatic carbocycles. The van der Waals surface area contributed by atoms with Crippen LogP contribution in [0.3, 0.4) is 0 Å². The minimum atomic E-state index is -3.27. The monoisotopic (exact) mass is 401 g/mol. The molecule has 0 aliphatic rings. The van der Waals surface area contributed by atoms with Crippen molar-refractivity contribution in [2.45, 2.75) is 17.0 Å². The molecule has 140 valence electrons. The number of sulfone groups is 1. The van der Waals surface area contributed by atoms with Gasteiger partial charge in [-0.25, -0.2) is 8.42 Å². The van der Waals surface area contributed by atoms with E-state index < -0.39 is 22.0 Å². The highest BCUT2D eigenvalue weighted by molar-refractivity contribution is 7.90. The molecule has 0 unspecified atom stereocenters. The van der Waals surface area contributed by atoms with Crippen molar-refractivity contribution in [1.82, 2.24) is 0 Å². The first-order chi connectivity index (χ1) is 12.8. The molecule has 3 N–H and O–H groups in total. The van der Waals surface area contributed by atoms with Crippen LogP contribution in [0.25, 0.3) is 11.1 Å². The van der Waals surface area contributed by atoms with Crippen molar-refractivity contribution in [2.24, 2.45) is 5.73 Å². The summed E-state index contributed by atoms with van der Waals surface area (Å²) in [5.41, 5.74) is 9.30. The van der Waals surface area contributed by atoms with Crippen molar-refractivity contribution in [3.05, 3.63) is 88.9 Å². The van der Waals surface area contributed by atoms with E-state index >= 15 is 0 Å². The Kier molecular flexibility index (Phi) is 5.67. The van der Waals surface area contributed by atoms with Gasteiger partial charge in [-0.05, 0) is 46.5 Å². The third-order valence-electron chi connectivity index (χ3n) is 4.44. The Labute approximate surface area is 164 Å². The molecule has 0 heterocycles. The third kappa shape index (κ3) is 4.57. The normalized spacial score (nSPS) is 13.9. The fourth-order valence-electron chi connectivity index (χ4n) is 2.85. The summed E-state index contributed by atoms with van der Waals surface area (Å²) in [6, 6.07) is 20.5. The van der Waals surface area contributed by atoms with E-state index in [4.69, 9.17) is 17.3 Å². The zero-order chi connectivity index (χ0) is 19.6. The van der Waals surface area contributed by atoms with Crippen molar-refractivity contribution in [3.8, 4) is 11.1 Å². The Bertz CT molecular complexity index is 1030. The van der Waals surface area contributed by atoms with Gasteiger partial charge in [0.1, 0.15) is 0 Å². The maximum atomic E-state index is 11.7. The molecule has 0 bridgehead atoms. The van der Waals surface area contributed by atoms with Crippen LogP contribution < -0.4 is 5.73 Å². The molecule has 0 saturated carbocycles.